The van der Waals surface area contributed by atoms with Gasteiger partial charge in [-0.05, 0) is 36.4 Å². The molecular formula is C11H7ClF3NOS. The Morgan fingerprint density at radius 3 is 2.56 bits per heavy atom. The first-order chi connectivity index (χ1) is 8.24. The molecule has 0 heterocycles. The third-order valence-electron chi connectivity index (χ3n) is 2.01. The van der Waals surface area contributed by atoms with Gasteiger partial charge in [0.2, 0.25) is 0 Å². The van der Waals surface area contributed by atoms with E-state index in [2.05, 4.69) is 0 Å². The fourth-order valence-electron chi connectivity index (χ4n) is 1.27. The highest BCUT2D eigenvalue weighted by atomic mass is 35.5. The van der Waals surface area contributed by atoms with Crippen LogP contribution in [-0.2, 0) is 4.79 Å². The lowest BCUT2D eigenvalue weighted by Crippen LogP contribution is -2.05. The molecule has 0 aromatic heterocycles. The van der Waals surface area contributed by atoms with E-state index in [1.165, 1.54) is 19.1 Å². The molecule has 0 aliphatic rings. The first kappa shape index (κ1) is 14.9. The van der Waals surface area contributed by atoms with Crippen LogP contribution in [0.25, 0.3) is 0 Å². The topological polar surface area (TPSA) is 40.9 Å². The average molecular weight is 294 g/mol. The minimum Gasteiger partial charge on any atom is -0.298 e. The van der Waals surface area contributed by atoms with Crippen LogP contribution in [-0.4, -0.2) is 11.3 Å². The lowest BCUT2D eigenvalue weighted by Gasteiger charge is -2.10. The SMILES string of the molecule is CC(=O)C(Cl)c1ccc(SC(F)(F)F)cc1C#N. The number of nitrogens with zero attached hydrogens (tertiary/aromatic N) is 1. The van der Waals surface area contributed by atoms with Gasteiger partial charge in [0.1, 0.15) is 5.38 Å². The van der Waals surface area contributed by atoms with Crippen molar-refractivity contribution in [3.8, 4) is 6.07 Å². The van der Waals surface area contributed by atoms with E-state index in [1.54, 1.807) is 6.07 Å². The van der Waals surface area contributed by atoms with E-state index in [0.717, 1.165) is 6.07 Å². The number of carbonyl (C=O) groups excluding carboxylic acids is 1. The van der Waals surface area contributed by atoms with Gasteiger partial charge in [0, 0.05) is 4.90 Å². The number of Topliss-reactive ketones (excluding diaryl/α,β-unsaturated/α-hetero) is 1. The number of halogens is 4. The summed E-state index contributed by atoms with van der Waals surface area (Å²) in [5.74, 6) is -0.371. The summed E-state index contributed by atoms with van der Waals surface area (Å²) < 4.78 is 36.5. The van der Waals surface area contributed by atoms with Crippen molar-refractivity contribution >= 4 is 29.1 Å². The quantitative estimate of drug-likeness (QED) is 0.624. The Labute approximate surface area is 111 Å². The van der Waals surface area contributed by atoms with Gasteiger partial charge in [0.05, 0.1) is 11.6 Å². The molecule has 0 aliphatic heterocycles. The van der Waals surface area contributed by atoms with Crippen molar-refractivity contribution in [2.75, 3.05) is 0 Å². The van der Waals surface area contributed by atoms with Gasteiger partial charge < -0.3 is 0 Å². The Kier molecular flexibility index (Phi) is 4.65. The van der Waals surface area contributed by atoms with Gasteiger partial charge in [-0.15, -0.1) is 11.6 Å². The zero-order valence-corrected chi connectivity index (χ0v) is 10.7. The molecular weight excluding hydrogens is 287 g/mol. The van der Waals surface area contributed by atoms with Crippen LogP contribution in [0.4, 0.5) is 13.2 Å². The molecule has 2 nitrogen and oxygen atoms in total. The number of rotatable bonds is 3. The number of carbonyl (C=O) groups is 1. The zero-order chi connectivity index (χ0) is 13.9. The van der Waals surface area contributed by atoms with E-state index in [1.807, 2.05) is 0 Å². The summed E-state index contributed by atoms with van der Waals surface area (Å²) in [5.41, 5.74) is -4.23. The summed E-state index contributed by atoms with van der Waals surface area (Å²) in [6.07, 6.45) is 0. The molecule has 0 N–H and O–H groups in total. The van der Waals surface area contributed by atoms with Crippen molar-refractivity contribution < 1.29 is 18.0 Å². The van der Waals surface area contributed by atoms with Crippen LogP contribution in [0.15, 0.2) is 23.1 Å². The van der Waals surface area contributed by atoms with Crippen LogP contribution in [0.5, 0.6) is 0 Å². The summed E-state index contributed by atoms with van der Waals surface area (Å²) in [5, 5.41) is 7.84. The maximum Gasteiger partial charge on any atom is 0.446 e. The van der Waals surface area contributed by atoms with Gasteiger partial charge in [0.15, 0.2) is 5.78 Å². The Morgan fingerprint density at radius 2 is 2.11 bits per heavy atom. The molecule has 96 valence electrons. The molecule has 0 aliphatic carbocycles. The van der Waals surface area contributed by atoms with Crippen molar-refractivity contribution in [2.24, 2.45) is 0 Å². The van der Waals surface area contributed by atoms with Crippen LogP contribution in [0, 0.1) is 11.3 Å². The predicted molar refractivity (Wildman–Crippen MR) is 62.3 cm³/mol. The first-order valence-electron chi connectivity index (χ1n) is 4.69. The highest BCUT2D eigenvalue weighted by Crippen LogP contribution is 2.38. The number of hydrogen-bond acceptors (Lipinski definition) is 3. The molecule has 0 bridgehead atoms. The monoisotopic (exact) mass is 293 g/mol. The smallest absolute Gasteiger partial charge is 0.298 e. The number of alkyl halides is 4. The van der Waals surface area contributed by atoms with Crippen LogP contribution < -0.4 is 0 Å². The second-order valence-electron chi connectivity index (χ2n) is 3.38. The second-order valence-corrected chi connectivity index (χ2v) is 4.96. The van der Waals surface area contributed by atoms with Crippen molar-refractivity contribution in [3.05, 3.63) is 29.3 Å². The lowest BCUT2D eigenvalue weighted by molar-refractivity contribution is -0.116. The molecule has 0 radical (unpaired) electrons. The standard InChI is InChI=1S/C11H7ClF3NOS/c1-6(17)10(12)9-3-2-8(4-7(9)5-16)18-11(13,14)15/h2-4,10H,1H3. The minimum absolute atomic E-state index is 0.0283. The third kappa shape index (κ3) is 3.93. The minimum atomic E-state index is -4.42. The predicted octanol–water partition coefficient (Wildman–Crippen LogP) is 4.04. The number of thioether (sulfide) groups is 1. The highest BCUT2D eigenvalue weighted by molar-refractivity contribution is 8.00. The Bertz CT molecular complexity index is 510. The van der Waals surface area contributed by atoms with Gasteiger partial charge in [-0.2, -0.15) is 18.4 Å². The van der Waals surface area contributed by atoms with Crippen molar-refractivity contribution in [1.82, 2.24) is 0 Å². The van der Waals surface area contributed by atoms with Crippen LogP contribution >= 0.6 is 23.4 Å². The fraction of sp³-hybridized carbons (Fsp3) is 0.273. The normalized spacial score (nSPS) is 12.9. The maximum absolute atomic E-state index is 12.2. The van der Waals surface area contributed by atoms with Crippen molar-refractivity contribution in [2.45, 2.75) is 22.7 Å². The second kappa shape index (κ2) is 5.63. The molecule has 0 saturated heterocycles. The molecule has 0 amide bonds. The van der Waals surface area contributed by atoms with Gasteiger partial charge in [-0.1, -0.05) is 6.07 Å². The first-order valence-corrected chi connectivity index (χ1v) is 5.94. The average Bonchev–Trinajstić information content (AvgIpc) is 2.25. The lowest BCUT2D eigenvalue weighted by atomic mass is 10.0. The van der Waals surface area contributed by atoms with Crippen LogP contribution in [0.2, 0.25) is 0 Å². The largest absolute Gasteiger partial charge is 0.446 e. The highest BCUT2D eigenvalue weighted by Gasteiger charge is 2.29. The molecule has 1 aromatic carbocycles. The molecule has 1 atom stereocenters. The molecule has 18 heavy (non-hydrogen) atoms. The van der Waals surface area contributed by atoms with E-state index < -0.39 is 10.9 Å². The van der Waals surface area contributed by atoms with E-state index in [0.29, 0.717) is 0 Å². The molecule has 0 fully saturated rings. The number of hydrogen-bond donors (Lipinski definition) is 0. The van der Waals surface area contributed by atoms with Gasteiger partial charge in [-0.3, -0.25) is 4.79 Å². The van der Waals surface area contributed by atoms with Crippen molar-refractivity contribution in [3.63, 3.8) is 0 Å². The molecule has 1 aromatic rings. The Balaban J connectivity index is 3.13. The van der Waals surface area contributed by atoms with Crippen molar-refractivity contribution in [1.29, 1.82) is 5.26 Å². The van der Waals surface area contributed by atoms with E-state index >= 15 is 0 Å². The number of nitriles is 1. The number of ketones is 1. The molecule has 7 heteroatoms. The summed E-state index contributed by atoms with van der Waals surface area (Å²) in [6, 6.07) is 5.27. The van der Waals surface area contributed by atoms with Crippen LogP contribution in [0.1, 0.15) is 23.4 Å². The van der Waals surface area contributed by atoms with E-state index in [-0.39, 0.29) is 33.6 Å². The van der Waals surface area contributed by atoms with Gasteiger partial charge >= 0.3 is 5.51 Å². The fourth-order valence-corrected chi connectivity index (χ4v) is 2.04. The van der Waals surface area contributed by atoms with Gasteiger partial charge in [0.25, 0.3) is 0 Å². The molecule has 1 rings (SSSR count). The van der Waals surface area contributed by atoms with Crippen LogP contribution in [0.3, 0.4) is 0 Å². The Hall–Kier alpha value is -1.19. The zero-order valence-electron chi connectivity index (χ0n) is 9.08. The summed E-state index contributed by atoms with van der Waals surface area (Å²) >= 11 is 5.46. The third-order valence-corrected chi connectivity index (χ3v) is 3.27. The molecule has 0 spiro atoms. The summed E-state index contributed by atoms with van der Waals surface area (Å²) in [7, 11) is 0. The van der Waals surface area contributed by atoms with Gasteiger partial charge in [-0.25, -0.2) is 0 Å². The maximum atomic E-state index is 12.2. The summed E-state index contributed by atoms with van der Waals surface area (Å²) in [6.45, 7) is 1.25. The number of benzene rings is 1. The Morgan fingerprint density at radius 1 is 1.50 bits per heavy atom. The van der Waals surface area contributed by atoms with E-state index in [4.69, 9.17) is 16.9 Å². The molecule has 1 unspecified atom stereocenters. The molecule has 0 saturated carbocycles. The van der Waals surface area contributed by atoms with E-state index in [9.17, 15) is 18.0 Å². The summed E-state index contributed by atoms with van der Waals surface area (Å²) in [4.78, 5) is 11.0.